The van der Waals surface area contributed by atoms with Crippen LogP contribution in [0.25, 0.3) is 0 Å². The van der Waals surface area contributed by atoms with Crippen molar-refractivity contribution in [1.82, 2.24) is 0 Å². The molecule has 1 aliphatic heterocycles. The van der Waals surface area contributed by atoms with Gasteiger partial charge in [-0.15, -0.1) is 0 Å². The highest BCUT2D eigenvalue weighted by Gasteiger charge is 1.93. The molecule has 0 atom stereocenters. The first-order chi connectivity index (χ1) is 5.41. The average Bonchev–Trinajstić information content (AvgIpc) is 2.10. The molecule has 0 aromatic carbocycles. The average molecular weight is 198 g/mol. The van der Waals surface area contributed by atoms with Gasteiger partial charge < -0.3 is 14.2 Å². The van der Waals surface area contributed by atoms with Crippen LogP contribution in [0.2, 0.25) is 0 Å². The van der Waals surface area contributed by atoms with Crippen LogP contribution in [0.1, 0.15) is 6.42 Å². The third-order valence-corrected chi connectivity index (χ3v) is 1.45. The van der Waals surface area contributed by atoms with Crippen LogP contribution in [-0.4, -0.2) is 31.9 Å². The predicted molar refractivity (Wildman–Crippen MR) is 50.2 cm³/mol. The number of hydrogen-bond acceptors (Lipinski definition) is 5. The molecule has 11 heavy (non-hydrogen) atoms. The summed E-state index contributed by atoms with van der Waals surface area (Å²) in [6.45, 7) is 1.12. The topological polar surface area (TPSA) is 27.7 Å². The lowest BCUT2D eigenvalue weighted by atomic mass is 10.6. The van der Waals surface area contributed by atoms with E-state index in [2.05, 4.69) is 39.5 Å². The Kier molecular flexibility index (Phi) is 11.1. The largest absolute Gasteiger partial charge is 0.329 e. The van der Waals surface area contributed by atoms with Gasteiger partial charge in [-0.3, -0.25) is 0 Å². The Balaban J connectivity index is 0.000000187. The molecule has 0 N–H and O–H groups in total. The summed E-state index contributed by atoms with van der Waals surface area (Å²) in [5.41, 5.74) is 0. The van der Waals surface area contributed by atoms with E-state index in [0.29, 0.717) is 20.4 Å². The Morgan fingerprint density at radius 2 is 1.18 bits per heavy atom. The first kappa shape index (κ1) is 11.6. The van der Waals surface area contributed by atoms with Crippen LogP contribution in [0.5, 0.6) is 0 Å². The molecule has 5 heteroatoms. The summed E-state index contributed by atoms with van der Waals surface area (Å²) in [6.07, 6.45) is 1.12. The quantitative estimate of drug-likeness (QED) is 0.652. The highest BCUT2D eigenvalue weighted by Crippen LogP contribution is 1.87. The zero-order valence-corrected chi connectivity index (χ0v) is 8.15. The minimum Gasteiger partial charge on any atom is -0.329 e. The second-order valence-electron chi connectivity index (χ2n) is 1.77. The molecule has 1 saturated heterocycles. The molecule has 0 spiro atoms. The van der Waals surface area contributed by atoms with E-state index in [-0.39, 0.29) is 0 Å². The molecular weight excluding hydrogens is 184 g/mol. The van der Waals surface area contributed by atoms with Crippen LogP contribution in [0, 0.1) is 0 Å². The van der Waals surface area contributed by atoms with Gasteiger partial charge in [0.2, 0.25) is 0 Å². The fourth-order valence-electron chi connectivity index (χ4n) is 0.350. The van der Waals surface area contributed by atoms with E-state index in [9.17, 15) is 0 Å². The number of ether oxygens (including phenoxy) is 3. The van der Waals surface area contributed by atoms with Crippen molar-refractivity contribution < 1.29 is 14.2 Å². The van der Waals surface area contributed by atoms with E-state index in [1.165, 1.54) is 0 Å². The second-order valence-corrected chi connectivity index (χ2v) is 2.66. The molecular formula is C6H14O3S2. The van der Waals surface area contributed by atoms with Crippen LogP contribution >= 0.6 is 25.3 Å². The SMILES string of the molecule is C1OCOCO1.SCCCS. The lowest BCUT2D eigenvalue weighted by Gasteiger charge is -2.10. The summed E-state index contributed by atoms with van der Waals surface area (Å²) >= 11 is 7.90. The highest BCUT2D eigenvalue weighted by atomic mass is 32.1. The van der Waals surface area contributed by atoms with Gasteiger partial charge in [-0.25, -0.2) is 0 Å². The van der Waals surface area contributed by atoms with Crippen molar-refractivity contribution in [3.05, 3.63) is 0 Å². The third kappa shape index (κ3) is 10.6. The zero-order chi connectivity index (χ0) is 8.36. The Bertz CT molecular complexity index is 55.3. The minimum absolute atomic E-state index is 0.375. The van der Waals surface area contributed by atoms with E-state index in [4.69, 9.17) is 0 Å². The van der Waals surface area contributed by atoms with E-state index in [1.807, 2.05) is 0 Å². The molecule has 1 aliphatic rings. The highest BCUT2D eigenvalue weighted by molar-refractivity contribution is 7.81. The molecule has 0 aromatic heterocycles. The van der Waals surface area contributed by atoms with Gasteiger partial charge in [0.1, 0.15) is 0 Å². The van der Waals surface area contributed by atoms with Gasteiger partial charge in [0, 0.05) is 0 Å². The normalized spacial score (nSPS) is 16.9. The molecule has 1 heterocycles. The monoisotopic (exact) mass is 198 g/mol. The maximum atomic E-state index is 4.62. The summed E-state index contributed by atoms with van der Waals surface area (Å²) in [4.78, 5) is 0. The van der Waals surface area contributed by atoms with Gasteiger partial charge >= 0.3 is 0 Å². The maximum Gasteiger partial charge on any atom is 0.152 e. The number of hydrogen-bond donors (Lipinski definition) is 2. The fraction of sp³-hybridized carbons (Fsp3) is 1.00. The molecule has 0 bridgehead atoms. The molecule has 68 valence electrons. The summed E-state index contributed by atoms with van der Waals surface area (Å²) in [7, 11) is 0. The van der Waals surface area contributed by atoms with E-state index in [1.54, 1.807) is 0 Å². The summed E-state index contributed by atoms with van der Waals surface area (Å²) < 4.78 is 13.9. The van der Waals surface area contributed by atoms with Gasteiger partial charge in [0.15, 0.2) is 20.4 Å². The van der Waals surface area contributed by atoms with Crippen LogP contribution < -0.4 is 0 Å². The lowest BCUT2D eigenvalue weighted by Crippen LogP contribution is -2.14. The standard InChI is InChI=1S/C3H6O3.C3H8S2/c1-4-2-6-3-5-1;4-2-1-3-5/h1-3H2;4-5H,1-3H2. The lowest BCUT2D eigenvalue weighted by molar-refractivity contribution is -0.247. The third-order valence-electron chi connectivity index (χ3n) is 0.816. The summed E-state index contributed by atoms with van der Waals surface area (Å²) in [5.74, 6) is 1.92. The van der Waals surface area contributed by atoms with Crippen molar-refractivity contribution in [3.63, 3.8) is 0 Å². The Morgan fingerprint density at radius 3 is 1.27 bits per heavy atom. The van der Waals surface area contributed by atoms with Crippen molar-refractivity contribution in [1.29, 1.82) is 0 Å². The molecule has 0 radical (unpaired) electrons. The van der Waals surface area contributed by atoms with Gasteiger partial charge in [0.05, 0.1) is 0 Å². The molecule has 3 nitrogen and oxygen atoms in total. The van der Waals surface area contributed by atoms with Gasteiger partial charge in [-0.2, -0.15) is 25.3 Å². The van der Waals surface area contributed by atoms with E-state index >= 15 is 0 Å². The Labute approximate surface area is 78.2 Å². The maximum absolute atomic E-state index is 4.62. The van der Waals surface area contributed by atoms with Crippen LogP contribution in [0.3, 0.4) is 0 Å². The van der Waals surface area contributed by atoms with Gasteiger partial charge in [-0.1, -0.05) is 0 Å². The first-order valence-electron chi connectivity index (χ1n) is 3.36. The summed E-state index contributed by atoms with van der Waals surface area (Å²) in [5, 5.41) is 0. The Morgan fingerprint density at radius 1 is 0.818 bits per heavy atom. The minimum atomic E-state index is 0.375. The second kappa shape index (κ2) is 10.6. The van der Waals surface area contributed by atoms with Crippen molar-refractivity contribution in [3.8, 4) is 0 Å². The smallest absolute Gasteiger partial charge is 0.152 e. The molecule has 1 fully saturated rings. The van der Waals surface area contributed by atoms with Crippen molar-refractivity contribution in [2.75, 3.05) is 31.9 Å². The van der Waals surface area contributed by atoms with Gasteiger partial charge in [-0.05, 0) is 17.9 Å². The van der Waals surface area contributed by atoms with Crippen molar-refractivity contribution in [2.45, 2.75) is 6.42 Å². The zero-order valence-electron chi connectivity index (χ0n) is 6.36. The number of thiol groups is 2. The molecule has 0 aliphatic carbocycles. The molecule has 0 amide bonds. The Hall–Kier alpha value is 0.580. The fourth-order valence-corrected chi connectivity index (χ4v) is 0.915. The van der Waals surface area contributed by atoms with Crippen molar-refractivity contribution >= 4 is 25.3 Å². The van der Waals surface area contributed by atoms with Crippen LogP contribution in [0.4, 0.5) is 0 Å². The molecule has 0 saturated carbocycles. The van der Waals surface area contributed by atoms with Crippen molar-refractivity contribution in [2.24, 2.45) is 0 Å². The van der Waals surface area contributed by atoms with E-state index in [0.717, 1.165) is 17.9 Å². The first-order valence-corrected chi connectivity index (χ1v) is 4.63. The van der Waals surface area contributed by atoms with Gasteiger partial charge in [0.25, 0.3) is 0 Å². The van der Waals surface area contributed by atoms with E-state index < -0.39 is 0 Å². The number of rotatable bonds is 2. The van der Waals surface area contributed by atoms with Crippen LogP contribution in [0.15, 0.2) is 0 Å². The molecule has 0 unspecified atom stereocenters. The molecule has 1 rings (SSSR count). The molecule has 0 aromatic rings. The van der Waals surface area contributed by atoms with Crippen LogP contribution in [-0.2, 0) is 14.2 Å². The predicted octanol–water partition coefficient (Wildman–Crippen LogP) is 1.16. The summed E-state index contributed by atoms with van der Waals surface area (Å²) in [6, 6.07) is 0.